The number of anilines is 2. The average molecular weight is 625 g/mol. The number of ether oxygens (including phenoxy) is 3. The zero-order chi connectivity index (χ0) is 31.6. The van der Waals surface area contributed by atoms with Gasteiger partial charge in [-0.25, -0.2) is 13.2 Å². The maximum atomic E-state index is 13.7. The number of fused-ring (bicyclic) bond motifs is 2. The molecule has 2 aliphatic rings. The van der Waals surface area contributed by atoms with E-state index < -0.39 is 28.2 Å². The number of carbonyl (C=O) groups is 2. The third kappa shape index (κ3) is 6.59. The number of urea groups is 1. The van der Waals surface area contributed by atoms with Gasteiger partial charge in [-0.05, 0) is 56.3 Å². The number of likely N-dealkylation sites (N-methyl/N-ethyl adjacent to an activating group) is 1. The predicted octanol–water partition coefficient (Wildman–Crippen LogP) is 3.91. The van der Waals surface area contributed by atoms with Crippen molar-refractivity contribution in [1.29, 1.82) is 0 Å². The van der Waals surface area contributed by atoms with Gasteiger partial charge in [0.2, 0.25) is 16.8 Å². The Balaban J connectivity index is 1.38. The molecule has 0 unspecified atom stereocenters. The zero-order valence-electron chi connectivity index (χ0n) is 24.9. The normalized spacial score (nSPS) is 18.6. The van der Waals surface area contributed by atoms with Gasteiger partial charge in [0.05, 0.1) is 29.7 Å². The molecule has 234 valence electrons. The number of carbonyl (C=O) groups excluding carboxylic acids is 2. The molecule has 2 heterocycles. The summed E-state index contributed by atoms with van der Waals surface area (Å²) in [6, 6.07) is 15.3. The summed E-state index contributed by atoms with van der Waals surface area (Å²) in [6.07, 6.45) is -0.631. The van der Waals surface area contributed by atoms with Crippen LogP contribution in [0.5, 0.6) is 17.2 Å². The fraction of sp³-hybridized carbons (Fsp3) is 0.355. The van der Waals surface area contributed by atoms with Crippen LogP contribution in [0.1, 0.15) is 29.8 Å². The van der Waals surface area contributed by atoms with E-state index in [1.807, 2.05) is 13.8 Å². The SMILES string of the molecule is Cc1ccc(S(=O)(=O)N(C)C[C@@H]2Oc3ccc(NC(=O)Nc4ccc5c(c4)OCO5)cc3C(=O)N([C@@H](C)CO)C[C@@H]2C)cc1. The minimum absolute atomic E-state index is 0.0181. The molecule has 0 spiro atoms. The molecule has 0 saturated heterocycles. The van der Waals surface area contributed by atoms with E-state index in [1.54, 1.807) is 66.4 Å². The zero-order valence-corrected chi connectivity index (χ0v) is 25.8. The van der Waals surface area contributed by atoms with Crippen LogP contribution in [0.25, 0.3) is 0 Å². The highest BCUT2D eigenvalue weighted by molar-refractivity contribution is 7.89. The van der Waals surface area contributed by atoms with Crippen molar-refractivity contribution in [2.75, 3.05) is 44.2 Å². The highest BCUT2D eigenvalue weighted by atomic mass is 32.2. The Bertz CT molecular complexity index is 1650. The topological polar surface area (TPSA) is 147 Å². The van der Waals surface area contributed by atoms with E-state index in [0.717, 1.165) is 5.56 Å². The maximum Gasteiger partial charge on any atom is 0.323 e. The predicted molar refractivity (Wildman–Crippen MR) is 164 cm³/mol. The van der Waals surface area contributed by atoms with E-state index >= 15 is 0 Å². The first kappa shape index (κ1) is 31.1. The molecule has 0 aromatic heterocycles. The fourth-order valence-electron chi connectivity index (χ4n) is 5.03. The van der Waals surface area contributed by atoms with Gasteiger partial charge in [-0.1, -0.05) is 24.6 Å². The molecule has 13 heteroatoms. The minimum atomic E-state index is -3.81. The van der Waals surface area contributed by atoms with E-state index in [4.69, 9.17) is 14.2 Å². The van der Waals surface area contributed by atoms with Gasteiger partial charge >= 0.3 is 6.03 Å². The Hall–Kier alpha value is -4.33. The number of sulfonamides is 1. The monoisotopic (exact) mass is 624 g/mol. The summed E-state index contributed by atoms with van der Waals surface area (Å²) < 4.78 is 44.9. The molecule has 2 aliphatic heterocycles. The summed E-state index contributed by atoms with van der Waals surface area (Å²) in [5.74, 6) is 0.675. The van der Waals surface area contributed by atoms with Crippen molar-refractivity contribution in [1.82, 2.24) is 9.21 Å². The van der Waals surface area contributed by atoms with Gasteiger partial charge in [-0.2, -0.15) is 4.31 Å². The van der Waals surface area contributed by atoms with Crippen LogP contribution in [0.15, 0.2) is 65.6 Å². The standard InChI is InChI=1S/C31H36N4O8S/c1-19-5-9-24(10-6-19)44(39,40)34(4)16-29-20(2)15-35(21(3)17-36)30(37)25-13-22(7-11-26(25)43-29)32-31(38)33-23-8-12-27-28(14-23)42-18-41-27/h5-14,20-21,29,36H,15-18H2,1-4H3,(H2,32,33,38)/t20-,21-,29-/m0/s1. The first-order valence-corrected chi connectivity index (χ1v) is 15.6. The lowest BCUT2D eigenvalue weighted by Crippen LogP contribution is -2.50. The molecular weight excluding hydrogens is 588 g/mol. The van der Waals surface area contributed by atoms with Crippen molar-refractivity contribution < 1.29 is 37.3 Å². The van der Waals surface area contributed by atoms with Crippen molar-refractivity contribution in [3.8, 4) is 17.2 Å². The first-order valence-electron chi connectivity index (χ1n) is 14.2. The van der Waals surface area contributed by atoms with E-state index in [-0.39, 0.29) is 54.5 Å². The van der Waals surface area contributed by atoms with E-state index in [0.29, 0.717) is 22.9 Å². The van der Waals surface area contributed by atoms with Crippen molar-refractivity contribution in [2.24, 2.45) is 5.92 Å². The molecule has 3 aromatic rings. The Morgan fingerprint density at radius 2 is 1.66 bits per heavy atom. The van der Waals surface area contributed by atoms with E-state index in [2.05, 4.69) is 10.6 Å². The lowest BCUT2D eigenvalue weighted by atomic mass is 9.99. The third-order valence-corrected chi connectivity index (χ3v) is 9.56. The fourth-order valence-corrected chi connectivity index (χ4v) is 6.21. The quantitative estimate of drug-likeness (QED) is 0.342. The van der Waals surface area contributed by atoms with Crippen LogP contribution in [0, 0.1) is 12.8 Å². The summed E-state index contributed by atoms with van der Waals surface area (Å²) in [7, 11) is -2.31. The summed E-state index contributed by atoms with van der Waals surface area (Å²) in [5.41, 5.74) is 1.94. The Morgan fingerprint density at radius 1 is 1.02 bits per heavy atom. The molecule has 0 aliphatic carbocycles. The highest BCUT2D eigenvalue weighted by Gasteiger charge is 2.35. The molecule has 0 fully saturated rings. The molecule has 3 amide bonds. The first-order chi connectivity index (χ1) is 21.0. The third-order valence-electron chi connectivity index (χ3n) is 7.72. The highest BCUT2D eigenvalue weighted by Crippen LogP contribution is 2.35. The van der Waals surface area contributed by atoms with Crippen molar-refractivity contribution in [3.63, 3.8) is 0 Å². The number of aryl methyl sites for hydroxylation is 1. The Morgan fingerprint density at radius 3 is 2.34 bits per heavy atom. The summed E-state index contributed by atoms with van der Waals surface area (Å²) >= 11 is 0. The molecular formula is C31H36N4O8S. The molecule has 0 saturated carbocycles. The number of nitrogens with zero attached hydrogens (tertiary/aromatic N) is 2. The van der Waals surface area contributed by atoms with Crippen LogP contribution < -0.4 is 24.8 Å². The van der Waals surface area contributed by atoms with Crippen molar-refractivity contribution in [2.45, 2.75) is 37.8 Å². The molecule has 44 heavy (non-hydrogen) atoms. The summed E-state index contributed by atoms with van der Waals surface area (Å²) in [6.45, 7) is 5.57. The molecule has 0 bridgehead atoms. The summed E-state index contributed by atoms with van der Waals surface area (Å²) in [4.78, 5) is 28.3. The second kappa shape index (κ2) is 12.7. The molecule has 3 atom stereocenters. The largest absolute Gasteiger partial charge is 0.488 e. The molecule has 0 radical (unpaired) electrons. The second-order valence-electron chi connectivity index (χ2n) is 11.1. The minimum Gasteiger partial charge on any atom is -0.488 e. The van der Waals surface area contributed by atoms with Gasteiger partial charge in [-0.15, -0.1) is 0 Å². The van der Waals surface area contributed by atoms with Crippen molar-refractivity contribution >= 4 is 33.3 Å². The van der Waals surface area contributed by atoms with Crippen LogP contribution >= 0.6 is 0 Å². The number of aliphatic hydroxyl groups is 1. The molecule has 3 aromatic carbocycles. The molecule has 12 nitrogen and oxygen atoms in total. The number of benzene rings is 3. The number of hydrogen-bond donors (Lipinski definition) is 3. The van der Waals surface area contributed by atoms with Crippen LogP contribution in [-0.2, 0) is 10.0 Å². The van der Waals surface area contributed by atoms with Crippen molar-refractivity contribution in [3.05, 3.63) is 71.8 Å². The van der Waals surface area contributed by atoms with Gasteiger partial charge in [0, 0.05) is 37.0 Å². The number of hydrogen-bond acceptors (Lipinski definition) is 8. The van der Waals surface area contributed by atoms with Crippen LogP contribution in [0.3, 0.4) is 0 Å². The smallest absolute Gasteiger partial charge is 0.323 e. The number of aliphatic hydroxyl groups excluding tert-OH is 1. The molecule has 3 N–H and O–H groups in total. The second-order valence-corrected chi connectivity index (χ2v) is 13.1. The van der Waals surface area contributed by atoms with Gasteiger partial charge in [0.15, 0.2) is 11.5 Å². The molecule has 5 rings (SSSR count). The van der Waals surface area contributed by atoms with E-state index in [1.165, 1.54) is 17.4 Å². The lowest BCUT2D eigenvalue weighted by molar-refractivity contribution is 0.0387. The Labute approximate surface area is 256 Å². The Kier molecular flexibility index (Phi) is 9.00. The van der Waals surface area contributed by atoms with Crippen LogP contribution in [0.4, 0.5) is 16.2 Å². The van der Waals surface area contributed by atoms with Gasteiger partial charge in [0.25, 0.3) is 5.91 Å². The average Bonchev–Trinajstić information content (AvgIpc) is 3.47. The number of amides is 3. The van der Waals surface area contributed by atoms with Gasteiger partial charge in [-0.3, -0.25) is 4.79 Å². The van der Waals surface area contributed by atoms with Crippen LogP contribution in [-0.4, -0.2) is 80.4 Å². The maximum absolute atomic E-state index is 13.7. The van der Waals surface area contributed by atoms with Gasteiger partial charge < -0.3 is 34.9 Å². The summed E-state index contributed by atoms with van der Waals surface area (Å²) in [5, 5.41) is 15.4. The lowest BCUT2D eigenvalue weighted by Gasteiger charge is -2.38. The van der Waals surface area contributed by atoms with Crippen LogP contribution in [0.2, 0.25) is 0 Å². The van der Waals surface area contributed by atoms with Gasteiger partial charge in [0.1, 0.15) is 11.9 Å². The van der Waals surface area contributed by atoms with E-state index in [9.17, 15) is 23.1 Å². The number of rotatable bonds is 8. The number of nitrogens with one attached hydrogen (secondary N) is 2.